The van der Waals surface area contributed by atoms with E-state index < -0.39 is 10.0 Å². The Labute approximate surface area is 146 Å². The Balaban J connectivity index is 2.10. The highest BCUT2D eigenvalue weighted by molar-refractivity contribution is 9.10. The minimum absolute atomic E-state index is 0.0348. The molecule has 6 heteroatoms. The Hall–Kier alpha value is -1.37. The van der Waals surface area contributed by atoms with Crippen molar-refractivity contribution in [3.05, 3.63) is 64.1 Å². The number of sulfonamides is 1. The average molecular weight is 398 g/mol. The Bertz CT molecular complexity index is 727. The summed E-state index contributed by atoms with van der Waals surface area (Å²) in [5.74, 6) is 0.716. The van der Waals surface area contributed by atoms with Gasteiger partial charge in [-0.05, 0) is 41.8 Å². The highest BCUT2D eigenvalue weighted by Crippen LogP contribution is 2.22. The zero-order chi connectivity index (χ0) is 16.9. The van der Waals surface area contributed by atoms with Crippen LogP contribution in [0.15, 0.2) is 53.0 Å². The molecule has 2 aromatic rings. The fraction of sp³-hybridized carbons (Fsp3) is 0.294. The van der Waals surface area contributed by atoms with Crippen LogP contribution in [0.1, 0.15) is 30.5 Å². The molecule has 4 nitrogen and oxygen atoms in total. The Morgan fingerprint density at radius 1 is 1.09 bits per heavy atom. The predicted octanol–water partition coefficient (Wildman–Crippen LogP) is 4.03. The lowest BCUT2D eigenvalue weighted by atomic mass is 10.1. The Morgan fingerprint density at radius 3 is 2.22 bits per heavy atom. The van der Waals surface area contributed by atoms with Gasteiger partial charge in [0.05, 0.1) is 12.9 Å². The molecular weight excluding hydrogens is 378 g/mol. The molecule has 0 fully saturated rings. The third kappa shape index (κ3) is 5.34. The monoisotopic (exact) mass is 397 g/mol. The molecule has 0 spiro atoms. The van der Waals surface area contributed by atoms with Gasteiger partial charge in [0, 0.05) is 10.5 Å². The van der Waals surface area contributed by atoms with Crippen molar-refractivity contribution in [2.45, 2.75) is 25.1 Å². The number of rotatable bonds is 7. The maximum Gasteiger partial charge on any atom is 0.216 e. The van der Waals surface area contributed by atoms with E-state index in [-0.39, 0.29) is 11.8 Å². The summed E-state index contributed by atoms with van der Waals surface area (Å²) >= 11 is 3.34. The van der Waals surface area contributed by atoms with Crippen LogP contribution in [0.2, 0.25) is 0 Å². The lowest BCUT2D eigenvalue weighted by molar-refractivity contribution is 0.414. The first-order chi connectivity index (χ1) is 10.9. The van der Waals surface area contributed by atoms with Crippen LogP contribution in [0.5, 0.6) is 5.75 Å². The van der Waals surface area contributed by atoms with Crippen molar-refractivity contribution in [1.82, 2.24) is 4.72 Å². The van der Waals surface area contributed by atoms with Crippen LogP contribution < -0.4 is 9.46 Å². The molecule has 0 aliphatic carbocycles. The molecule has 124 valence electrons. The second-order valence-corrected chi connectivity index (χ2v) is 7.91. The molecule has 0 aliphatic heterocycles. The molecule has 0 unspecified atom stereocenters. The highest BCUT2D eigenvalue weighted by atomic mass is 79.9. The van der Waals surface area contributed by atoms with Crippen molar-refractivity contribution in [3.63, 3.8) is 0 Å². The van der Waals surface area contributed by atoms with Gasteiger partial charge >= 0.3 is 0 Å². The zero-order valence-electron chi connectivity index (χ0n) is 13.1. The summed E-state index contributed by atoms with van der Waals surface area (Å²) in [7, 11) is -1.81. The molecule has 0 aliphatic rings. The molecule has 1 N–H and O–H groups in total. The molecule has 0 amide bonds. The molecular formula is C17H20BrNO3S. The van der Waals surface area contributed by atoms with Crippen molar-refractivity contribution in [3.8, 4) is 5.75 Å². The fourth-order valence-electron chi connectivity index (χ4n) is 2.28. The van der Waals surface area contributed by atoms with Crippen LogP contribution in [0.4, 0.5) is 0 Å². The van der Waals surface area contributed by atoms with Gasteiger partial charge in [-0.2, -0.15) is 0 Å². The smallest absolute Gasteiger partial charge is 0.216 e. The number of hydrogen-bond acceptors (Lipinski definition) is 3. The van der Waals surface area contributed by atoms with Gasteiger partial charge in [-0.1, -0.05) is 47.1 Å². The molecule has 1 atom stereocenters. The van der Waals surface area contributed by atoms with E-state index in [1.54, 1.807) is 19.2 Å². The van der Waals surface area contributed by atoms with Gasteiger partial charge < -0.3 is 4.74 Å². The molecule has 0 saturated carbocycles. The second kappa shape index (κ2) is 7.95. The van der Waals surface area contributed by atoms with Crippen molar-refractivity contribution in [2.24, 2.45) is 0 Å². The van der Waals surface area contributed by atoms with Crippen molar-refractivity contribution in [1.29, 1.82) is 0 Å². The van der Waals surface area contributed by atoms with E-state index in [0.29, 0.717) is 6.42 Å². The number of nitrogens with one attached hydrogen (secondary N) is 1. The van der Waals surface area contributed by atoms with Gasteiger partial charge in [0.1, 0.15) is 5.75 Å². The molecule has 0 bridgehead atoms. The van der Waals surface area contributed by atoms with E-state index >= 15 is 0 Å². The minimum Gasteiger partial charge on any atom is -0.497 e. The van der Waals surface area contributed by atoms with Crippen molar-refractivity contribution in [2.75, 3.05) is 7.11 Å². The normalized spacial score (nSPS) is 12.8. The van der Waals surface area contributed by atoms with E-state index in [1.165, 1.54) is 0 Å². The van der Waals surface area contributed by atoms with Crippen LogP contribution in [-0.4, -0.2) is 15.5 Å². The molecule has 2 rings (SSSR count). The third-order valence-corrected chi connectivity index (χ3v) is 5.40. The van der Waals surface area contributed by atoms with Gasteiger partial charge in [0.15, 0.2) is 0 Å². The topological polar surface area (TPSA) is 55.4 Å². The summed E-state index contributed by atoms with van der Waals surface area (Å²) in [6, 6.07) is 14.5. The first-order valence-electron chi connectivity index (χ1n) is 7.32. The fourth-order valence-corrected chi connectivity index (χ4v) is 4.00. The number of ether oxygens (including phenoxy) is 1. The SMILES string of the molecule is CC[C@H](NS(=O)(=O)Cc1ccc(Br)cc1)c1ccc(OC)cc1. The van der Waals surface area contributed by atoms with Gasteiger partial charge in [0.25, 0.3) is 0 Å². The van der Waals surface area contributed by atoms with Crippen LogP contribution in [0.3, 0.4) is 0 Å². The summed E-state index contributed by atoms with van der Waals surface area (Å²) < 4.78 is 33.6. The summed E-state index contributed by atoms with van der Waals surface area (Å²) in [6.07, 6.45) is 0.673. The molecule has 23 heavy (non-hydrogen) atoms. The molecule has 0 saturated heterocycles. The standard InChI is InChI=1S/C17H20BrNO3S/c1-3-17(14-6-10-16(22-2)11-7-14)19-23(20,21)12-13-4-8-15(18)9-5-13/h4-11,17,19H,3,12H2,1-2H3/t17-/m0/s1. The predicted molar refractivity (Wildman–Crippen MR) is 95.9 cm³/mol. The average Bonchev–Trinajstić information content (AvgIpc) is 2.55. The summed E-state index contributed by atoms with van der Waals surface area (Å²) in [5, 5.41) is 0. The first kappa shape index (κ1) is 18.0. The third-order valence-electron chi connectivity index (χ3n) is 3.52. The molecule has 0 radical (unpaired) electrons. The van der Waals surface area contributed by atoms with E-state index in [9.17, 15) is 8.42 Å². The molecule has 0 aromatic heterocycles. The zero-order valence-corrected chi connectivity index (χ0v) is 15.5. The molecule has 0 heterocycles. The quantitative estimate of drug-likeness (QED) is 0.766. The summed E-state index contributed by atoms with van der Waals surface area (Å²) in [4.78, 5) is 0. The first-order valence-corrected chi connectivity index (χ1v) is 9.76. The minimum atomic E-state index is -3.42. The lowest BCUT2D eigenvalue weighted by Crippen LogP contribution is -2.29. The Morgan fingerprint density at radius 2 is 1.70 bits per heavy atom. The van der Waals surface area contributed by atoms with Gasteiger partial charge in [-0.3, -0.25) is 0 Å². The van der Waals surface area contributed by atoms with Gasteiger partial charge in [-0.15, -0.1) is 0 Å². The number of halogens is 1. The Kier molecular flexibility index (Phi) is 6.21. The van der Waals surface area contributed by atoms with Crippen LogP contribution in [0.25, 0.3) is 0 Å². The number of hydrogen-bond donors (Lipinski definition) is 1. The van der Waals surface area contributed by atoms with Crippen LogP contribution in [0, 0.1) is 0 Å². The molecule has 2 aromatic carbocycles. The van der Waals surface area contributed by atoms with Crippen LogP contribution in [-0.2, 0) is 15.8 Å². The lowest BCUT2D eigenvalue weighted by Gasteiger charge is -2.18. The summed E-state index contributed by atoms with van der Waals surface area (Å²) in [5.41, 5.74) is 1.68. The highest BCUT2D eigenvalue weighted by Gasteiger charge is 2.18. The second-order valence-electron chi connectivity index (χ2n) is 5.24. The van der Waals surface area contributed by atoms with Gasteiger partial charge in [-0.25, -0.2) is 13.1 Å². The van der Waals surface area contributed by atoms with E-state index in [1.807, 2.05) is 43.3 Å². The van der Waals surface area contributed by atoms with Crippen molar-refractivity contribution >= 4 is 26.0 Å². The number of benzene rings is 2. The van der Waals surface area contributed by atoms with E-state index in [4.69, 9.17) is 4.74 Å². The van der Waals surface area contributed by atoms with E-state index in [0.717, 1.165) is 21.3 Å². The summed E-state index contributed by atoms with van der Waals surface area (Å²) in [6.45, 7) is 1.96. The van der Waals surface area contributed by atoms with Gasteiger partial charge in [0.2, 0.25) is 10.0 Å². The maximum atomic E-state index is 12.4. The van der Waals surface area contributed by atoms with Crippen LogP contribution >= 0.6 is 15.9 Å². The number of methoxy groups -OCH3 is 1. The van der Waals surface area contributed by atoms with Crippen molar-refractivity contribution < 1.29 is 13.2 Å². The largest absolute Gasteiger partial charge is 0.497 e. The maximum absolute atomic E-state index is 12.4. The van der Waals surface area contributed by atoms with E-state index in [2.05, 4.69) is 20.7 Å².